The van der Waals surface area contributed by atoms with Gasteiger partial charge in [-0.25, -0.2) is 0 Å². The zero-order valence-corrected chi connectivity index (χ0v) is 18.1. The third kappa shape index (κ3) is 5.48. The maximum atomic E-state index is 13.5. The minimum Gasteiger partial charge on any atom is -0.348 e. The highest BCUT2D eigenvalue weighted by atomic mass is 79.9. The summed E-state index contributed by atoms with van der Waals surface area (Å²) in [6.07, 6.45) is -16.4. The summed E-state index contributed by atoms with van der Waals surface area (Å²) in [7, 11) is 0. The molecule has 7 nitrogen and oxygen atoms in total. The van der Waals surface area contributed by atoms with Gasteiger partial charge in [-0.1, -0.05) is 0 Å². The van der Waals surface area contributed by atoms with Crippen LogP contribution < -0.4 is 5.32 Å². The number of non-ortho nitro benzene ring substituents is 1. The number of hydrogen-bond acceptors (Lipinski definition) is 5. The molecule has 2 rings (SSSR count). The smallest absolute Gasteiger partial charge is 0.348 e. The summed E-state index contributed by atoms with van der Waals surface area (Å²) in [4.78, 5) is 19.2. The Morgan fingerprint density at radius 3 is 1.64 bits per heavy atom. The van der Waals surface area contributed by atoms with Crippen molar-refractivity contribution in [2.75, 3.05) is 5.32 Å². The summed E-state index contributed by atoms with van der Waals surface area (Å²) < 4.78 is 118. The molecule has 0 aliphatic rings. The van der Waals surface area contributed by atoms with E-state index in [1.807, 2.05) is 0 Å². The van der Waals surface area contributed by atoms with E-state index in [1.54, 1.807) is 5.32 Å². The minimum absolute atomic E-state index is 0.0191. The average Bonchev–Trinajstić information content (AvgIpc) is 2.60. The van der Waals surface area contributed by atoms with Crippen molar-refractivity contribution in [3.63, 3.8) is 0 Å². The van der Waals surface area contributed by atoms with Crippen molar-refractivity contribution in [2.24, 2.45) is 0 Å². The van der Waals surface area contributed by atoms with Crippen LogP contribution in [-0.4, -0.2) is 9.85 Å². The number of rotatable bonds is 4. The Labute approximate surface area is 192 Å². The van der Waals surface area contributed by atoms with Crippen molar-refractivity contribution >= 4 is 54.6 Å². The molecule has 0 aliphatic heterocycles. The first kappa shape index (κ1) is 26.6. The lowest BCUT2D eigenvalue weighted by Gasteiger charge is -2.21. The van der Waals surface area contributed by atoms with Crippen LogP contribution in [0.1, 0.15) is 16.7 Å². The summed E-state index contributed by atoms with van der Waals surface area (Å²) in [5.41, 5.74) is -11.9. The number of nitrogens with zero attached hydrogens (tertiary/aromatic N) is 2. The topological polar surface area (TPSA) is 98.3 Å². The van der Waals surface area contributed by atoms with Gasteiger partial charge in [0, 0.05) is 10.5 Å². The van der Waals surface area contributed by atoms with Crippen LogP contribution in [-0.2, 0) is 18.5 Å². The monoisotopic (exact) mass is 619 g/mol. The fourth-order valence-corrected chi connectivity index (χ4v) is 4.20. The number of alkyl halides is 9. The van der Waals surface area contributed by atoms with Gasteiger partial charge in [-0.05, 0) is 37.9 Å². The molecule has 0 heterocycles. The van der Waals surface area contributed by atoms with E-state index >= 15 is 0 Å². The molecule has 0 saturated carbocycles. The average molecular weight is 621 g/mol. The second-order valence-electron chi connectivity index (χ2n) is 5.99. The first-order valence-electron chi connectivity index (χ1n) is 7.74. The summed E-state index contributed by atoms with van der Waals surface area (Å²) in [6, 6.07) is -0.105. The number of nitrogens with one attached hydrogen (secondary N) is 1. The normalized spacial score (nSPS) is 12.6. The van der Waals surface area contributed by atoms with Gasteiger partial charge < -0.3 is 5.32 Å². The lowest BCUT2D eigenvalue weighted by atomic mass is 10.1. The Morgan fingerprint density at radius 1 is 0.727 bits per heavy atom. The lowest BCUT2D eigenvalue weighted by Crippen LogP contribution is -2.16. The molecule has 33 heavy (non-hydrogen) atoms. The van der Waals surface area contributed by atoms with Crippen molar-refractivity contribution in [3.8, 4) is 0 Å². The predicted molar refractivity (Wildman–Crippen MR) is 99.9 cm³/mol. The highest BCUT2D eigenvalue weighted by Gasteiger charge is 2.44. The molecular formula is C15H4Br2F9N3O4. The van der Waals surface area contributed by atoms with Crippen LogP contribution in [0.4, 0.5) is 62.3 Å². The van der Waals surface area contributed by atoms with E-state index in [4.69, 9.17) is 0 Å². The van der Waals surface area contributed by atoms with Crippen molar-refractivity contribution in [1.82, 2.24) is 0 Å². The first-order valence-corrected chi connectivity index (χ1v) is 9.32. The van der Waals surface area contributed by atoms with Crippen LogP contribution in [0, 0.1) is 20.2 Å². The van der Waals surface area contributed by atoms with E-state index in [0.29, 0.717) is 0 Å². The summed E-state index contributed by atoms with van der Waals surface area (Å²) in [5.74, 6) is 0. The second-order valence-corrected chi connectivity index (χ2v) is 7.58. The zero-order chi connectivity index (χ0) is 25.7. The molecule has 2 aromatic rings. The Balaban J connectivity index is 2.96. The second kappa shape index (κ2) is 8.62. The largest absolute Gasteiger partial charge is 0.418 e. The van der Waals surface area contributed by atoms with Crippen LogP contribution in [0.15, 0.2) is 27.1 Å². The maximum absolute atomic E-state index is 13.5. The molecule has 0 aromatic heterocycles. The molecule has 0 radical (unpaired) electrons. The van der Waals surface area contributed by atoms with E-state index < -0.39 is 76.8 Å². The van der Waals surface area contributed by atoms with Crippen molar-refractivity contribution < 1.29 is 49.4 Å². The van der Waals surface area contributed by atoms with E-state index in [2.05, 4.69) is 31.9 Å². The van der Waals surface area contributed by atoms with Crippen LogP contribution >= 0.6 is 31.9 Å². The van der Waals surface area contributed by atoms with Gasteiger partial charge in [0.2, 0.25) is 0 Å². The molecule has 0 saturated heterocycles. The van der Waals surface area contributed by atoms with E-state index in [0.717, 1.165) is 0 Å². The molecule has 0 atom stereocenters. The van der Waals surface area contributed by atoms with Crippen LogP contribution in [0.25, 0.3) is 0 Å². The SMILES string of the molecule is O=[N+]([O-])c1cc([N+](=O)[O-])c(Nc2cc(C(F)(F)F)c(Br)c(C(F)(F)F)c2Br)c(C(F)(F)F)c1. The van der Waals surface area contributed by atoms with Gasteiger partial charge in [0.15, 0.2) is 0 Å². The summed E-state index contributed by atoms with van der Waals surface area (Å²) in [5, 5.41) is 23.7. The van der Waals surface area contributed by atoms with E-state index in [9.17, 15) is 59.7 Å². The number of benzene rings is 2. The molecule has 0 aliphatic carbocycles. The molecule has 1 N–H and O–H groups in total. The Kier molecular flexibility index (Phi) is 6.95. The molecule has 0 fully saturated rings. The van der Waals surface area contributed by atoms with Gasteiger partial charge in [0.25, 0.3) is 11.4 Å². The zero-order valence-electron chi connectivity index (χ0n) is 14.9. The summed E-state index contributed by atoms with van der Waals surface area (Å²) >= 11 is 4.53. The van der Waals surface area contributed by atoms with Crippen LogP contribution in [0.5, 0.6) is 0 Å². The van der Waals surface area contributed by atoms with Gasteiger partial charge in [-0.15, -0.1) is 0 Å². The van der Waals surface area contributed by atoms with Gasteiger partial charge in [0.05, 0.1) is 42.8 Å². The molecular weight excluding hydrogens is 617 g/mol. The standard InChI is InChI=1S/C15H4Br2F9N3O4/c16-10-5(13(18,19)20)3-7(11(17)9(10)15(24,25)26)27-12-6(14(21,22)23)1-4(28(30)31)2-8(12)29(32)33/h1-3,27H. The maximum Gasteiger partial charge on any atom is 0.418 e. The molecule has 0 unspecified atom stereocenters. The Bertz CT molecular complexity index is 1150. The molecule has 2 aromatic carbocycles. The Morgan fingerprint density at radius 2 is 1.24 bits per heavy atom. The van der Waals surface area contributed by atoms with Crippen LogP contribution in [0.2, 0.25) is 0 Å². The molecule has 0 spiro atoms. The van der Waals surface area contributed by atoms with E-state index in [1.165, 1.54) is 0 Å². The highest BCUT2D eigenvalue weighted by molar-refractivity contribution is 9.11. The lowest BCUT2D eigenvalue weighted by molar-refractivity contribution is -0.394. The number of nitro benzene ring substituents is 2. The van der Waals surface area contributed by atoms with Gasteiger partial charge in [-0.2, -0.15) is 39.5 Å². The Hall–Kier alpha value is -2.63. The van der Waals surface area contributed by atoms with Gasteiger partial charge >= 0.3 is 18.5 Å². The highest BCUT2D eigenvalue weighted by Crippen LogP contribution is 2.51. The third-order valence-corrected chi connectivity index (χ3v) is 5.51. The molecule has 18 heteroatoms. The first-order chi connectivity index (χ1) is 14.8. The van der Waals surface area contributed by atoms with E-state index in [-0.39, 0.29) is 18.2 Å². The van der Waals surface area contributed by atoms with Gasteiger partial charge in [-0.3, -0.25) is 20.2 Å². The quantitative estimate of drug-likeness (QED) is 0.213. The van der Waals surface area contributed by atoms with Crippen LogP contribution in [0.3, 0.4) is 0 Å². The fourth-order valence-electron chi connectivity index (χ4n) is 2.53. The van der Waals surface area contributed by atoms with Crippen molar-refractivity contribution in [3.05, 3.63) is 64.1 Å². The molecule has 0 amide bonds. The number of halogens is 11. The molecule has 180 valence electrons. The fraction of sp³-hybridized carbons (Fsp3) is 0.200. The summed E-state index contributed by atoms with van der Waals surface area (Å²) in [6.45, 7) is 0. The third-order valence-electron chi connectivity index (χ3n) is 3.86. The minimum atomic E-state index is -5.53. The van der Waals surface area contributed by atoms with Gasteiger partial charge in [0.1, 0.15) is 5.69 Å². The molecule has 0 bridgehead atoms. The number of anilines is 2. The van der Waals surface area contributed by atoms with Crippen molar-refractivity contribution in [2.45, 2.75) is 18.5 Å². The number of nitro groups is 2. The predicted octanol–water partition coefficient (Wildman–Crippen LogP) is 7.83. The van der Waals surface area contributed by atoms with Crippen molar-refractivity contribution in [1.29, 1.82) is 0 Å². The number of hydrogen-bond donors (Lipinski definition) is 1.